The lowest BCUT2D eigenvalue weighted by atomic mass is 10.2. The topological polar surface area (TPSA) is 74.8 Å². The molecule has 0 aliphatic carbocycles. The standard InChI is InChI=1S/C12H15N3O2S/c16-18(17,15-10-12-8-13-14-9-12)7-6-11-4-2-1-3-5-11/h1-5,8-9,15H,6-7,10H2,(H,13,14). The van der Waals surface area contributed by atoms with Crippen molar-refractivity contribution in [1.82, 2.24) is 14.9 Å². The highest BCUT2D eigenvalue weighted by Gasteiger charge is 2.10. The first kappa shape index (κ1) is 12.8. The smallest absolute Gasteiger partial charge is 0.212 e. The van der Waals surface area contributed by atoms with Crippen LogP contribution in [0.25, 0.3) is 0 Å². The van der Waals surface area contributed by atoms with Gasteiger partial charge in [0.05, 0.1) is 11.9 Å². The molecule has 2 rings (SSSR count). The Balaban J connectivity index is 1.84. The van der Waals surface area contributed by atoms with E-state index in [2.05, 4.69) is 14.9 Å². The Bertz CT molecular complexity index is 565. The van der Waals surface area contributed by atoms with Crippen LogP contribution in [0.2, 0.25) is 0 Å². The number of aryl methyl sites for hydroxylation is 1. The minimum Gasteiger partial charge on any atom is -0.285 e. The van der Waals surface area contributed by atoms with Gasteiger partial charge in [-0.2, -0.15) is 5.10 Å². The summed E-state index contributed by atoms with van der Waals surface area (Å²) in [5.41, 5.74) is 1.84. The summed E-state index contributed by atoms with van der Waals surface area (Å²) < 4.78 is 26.1. The third kappa shape index (κ3) is 3.97. The van der Waals surface area contributed by atoms with E-state index in [1.807, 2.05) is 30.3 Å². The molecule has 0 radical (unpaired) electrons. The van der Waals surface area contributed by atoms with Gasteiger partial charge in [-0.05, 0) is 12.0 Å². The summed E-state index contributed by atoms with van der Waals surface area (Å²) >= 11 is 0. The second-order valence-corrected chi connectivity index (χ2v) is 5.91. The molecular weight excluding hydrogens is 250 g/mol. The number of nitrogens with zero attached hydrogens (tertiary/aromatic N) is 1. The maximum atomic E-state index is 11.8. The van der Waals surface area contributed by atoms with E-state index in [1.165, 1.54) is 0 Å². The van der Waals surface area contributed by atoms with Gasteiger partial charge in [-0.3, -0.25) is 5.10 Å². The Morgan fingerprint density at radius 2 is 1.94 bits per heavy atom. The maximum Gasteiger partial charge on any atom is 0.212 e. The number of rotatable bonds is 6. The monoisotopic (exact) mass is 265 g/mol. The summed E-state index contributed by atoms with van der Waals surface area (Å²) in [7, 11) is -3.25. The Hall–Kier alpha value is -1.66. The molecular formula is C12H15N3O2S. The molecule has 0 fully saturated rings. The molecule has 0 atom stereocenters. The lowest BCUT2D eigenvalue weighted by Crippen LogP contribution is -2.26. The normalized spacial score (nSPS) is 11.6. The molecule has 96 valence electrons. The van der Waals surface area contributed by atoms with Gasteiger partial charge in [-0.25, -0.2) is 13.1 Å². The van der Waals surface area contributed by atoms with E-state index in [9.17, 15) is 8.42 Å². The van der Waals surface area contributed by atoms with Crippen LogP contribution in [0.5, 0.6) is 0 Å². The minimum atomic E-state index is -3.25. The van der Waals surface area contributed by atoms with Gasteiger partial charge in [0.2, 0.25) is 10.0 Å². The minimum absolute atomic E-state index is 0.0921. The molecule has 1 heterocycles. The van der Waals surface area contributed by atoms with E-state index in [4.69, 9.17) is 0 Å². The number of aromatic amines is 1. The molecule has 0 amide bonds. The van der Waals surface area contributed by atoms with Crippen molar-refractivity contribution in [2.75, 3.05) is 5.75 Å². The molecule has 0 bridgehead atoms. The quantitative estimate of drug-likeness (QED) is 0.820. The zero-order chi connectivity index (χ0) is 12.8. The van der Waals surface area contributed by atoms with E-state index in [1.54, 1.807) is 12.4 Å². The van der Waals surface area contributed by atoms with Crippen LogP contribution in [0.15, 0.2) is 42.7 Å². The fourth-order valence-electron chi connectivity index (χ4n) is 1.54. The highest BCUT2D eigenvalue weighted by atomic mass is 32.2. The van der Waals surface area contributed by atoms with Crippen molar-refractivity contribution in [2.24, 2.45) is 0 Å². The van der Waals surface area contributed by atoms with E-state index in [-0.39, 0.29) is 12.3 Å². The van der Waals surface area contributed by atoms with Crippen molar-refractivity contribution >= 4 is 10.0 Å². The number of hydrogen-bond acceptors (Lipinski definition) is 3. The van der Waals surface area contributed by atoms with Crippen LogP contribution >= 0.6 is 0 Å². The molecule has 0 unspecified atom stereocenters. The van der Waals surface area contributed by atoms with Crippen LogP contribution in [0, 0.1) is 0 Å². The molecule has 2 aromatic rings. The largest absolute Gasteiger partial charge is 0.285 e. The SMILES string of the molecule is O=S(=O)(CCc1ccccc1)NCc1cn[nH]c1. The summed E-state index contributed by atoms with van der Waals surface area (Å²) in [4.78, 5) is 0. The van der Waals surface area contributed by atoms with Crippen molar-refractivity contribution in [3.8, 4) is 0 Å². The Morgan fingerprint density at radius 1 is 1.17 bits per heavy atom. The average molecular weight is 265 g/mol. The fourth-order valence-corrected chi connectivity index (χ4v) is 2.57. The molecule has 0 spiro atoms. The highest BCUT2D eigenvalue weighted by Crippen LogP contribution is 2.02. The van der Waals surface area contributed by atoms with Gasteiger partial charge in [-0.15, -0.1) is 0 Å². The number of sulfonamides is 1. The van der Waals surface area contributed by atoms with E-state index in [0.29, 0.717) is 6.42 Å². The van der Waals surface area contributed by atoms with E-state index in [0.717, 1.165) is 11.1 Å². The summed E-state index contributed by atoms with van der Waals surface area (Å²) in [5, 5.41) is 6.40. The number of benzene rings is 1. The molecule has 18 heavy (non-hydrogen) atoms. The van der Waals surface area contributed by atoms with E-state index < -0.39 is 10.0 Å². The molecule has 2 N–H and O–H groups in total. The zero-order valence-electron chi connectivity index (χ0n) is 9.83. The van der Waals surface area contributed by atoms with Crippen LogP contribution in [-0.2, 0) is 23.0 Å². The summed E-state index contributed by atoms with van der Waals surface area (Å²) in [6.45, 7) is 0.271. The number of nitrogens with one attached hydrogen (secondary N) is 2. The van der Waals surface area contributed by atoms with Gasteiger partial charge < -0.3 is 0 Å². The van der Waals surface area contributed by atoms with Crippen LogP contribution < -0.4 is 4.72 Å². The van der Waals surface area contributed by atoms with Crippen molar-refractivity contribution in [3.63, 3.8) is 0 Å². The first-order valence-electron chi connectivity index (χ1n) is 5.65. The van der Waals surface area contributed by atoms with Crippen molar-refractivity contribution in [1.29, 1.82) is 0 Å². The summed E-state index contributed by atoms with van der Waals surface area (Å²) in [6.07, 6.45) is 3.78. The molecule has 0 aliphatic heterocycles. The van der Waals surface area contributed by atoms with Crippen LogP contribution in [0.1, 0.15) is 11.1 Å². The Kier molecular flexibility index (Phi) is 4.11. The molecule has 1 aromatic carbocycles. The number of aromatic nitrogens is 2. The molecule has 0 saturated heterocycles. The van der Waals surface area contributed by atoms with Gasteiger partial charge >= 0.3 is 0 Å². The predicted molar refractivity (Wildman–Crippen MR) is 69.4 cm³/mol. The summed E-state index contributed by atoms with van der Waals surface area (Å²) in [5.74, 6) is 0.0921. The van der Waals surface area contributed by atoms with Crippen molar-refractivity contribution < 1.29 is 8.42 Å². The van der Waals surface area contributed by atoms with Crippen LogP contribution in [0.4, 0.5) is 0 Å². The average Bonchev–Trinajstić information content (AvgIpc) is 2.89. The molecule has 6 heteroatoms. The number of hydrogen-bond donors (Lipinski definition) is 2. The maximum absolute atomic E-state index is 11.8. The highest BCUT2D eigenvalue weighted by molar-refractivity contribution is 7.89. The molecule has 0 saturated carbocycles. The van der Waals surface area contributed by atoms with Crippen molar-refractivity contribution in [2.45, 2.75) is 13.0 Å². The van der Waals surface area contributed by atoms with Gasteiger partial charge in [0.15, 0.2) is 0 Å². The molecule has 5 nitrogen and oxygen atoms in total. The van der Waals surface area contributed by atoms with Crippen LogP contribution in [-0.4, -0.2) is 24.4 Å². The lowest BCUT2D eigenvalue weighted by molar-refractivity contribution is 0.580. The van der Waals surface area contributed by atoms with Gasteiger partial charge in [0.25, 0.3) is 0 Å². The first-order valence-corrected chi connectivity index (χ1v) is 7.30. The second kappa shape index (κ2) is 5.79. The zero-order valence-corrected chi connectivity index (χ0v) is 10.7. The first-order chi connectivity index (χ1) is 8.66. The Morgan fingerprint density at radius 3 is 2.61 bits per heavy atom. The van der Waals surface area contributed by atoms with Gasteiger partial charge in [-0.1, -0.05) is 30.3 Å². The third-order valence-electron chi connectivity index (χ3n) is 2.55. The lowest BCUT2D eigenvalue weighted by Gasteiger charge is -2.05. The molecule has 0 aliphatic rings. The van der Waals surface area contributed by atoms with Gasteiger partial charge in [0, 0.05) is 18.3 Å². The predicted octanol–water partition coefficient (Wildman–Crippen LogP) is 1.07. The second-order valence-electron chi connectivity index (χ2n) is 3.98. The Labute approximate surface area is 106 Å². The number of H-pyrrole nitrogens is 1. The molecule has 1 aromatic heterocycles. The van der Waals surface area contributed by atoms with E-state index >= 15 is 0 Å². The van der Waals surface area contributed by atoms with Crippen molar-refractivity contribution in [3.05, 3.63) is 53.9 Å². The summed E-state index contributed by atoms with van der Waals surface area (Å²) in [6, 6.07) is 9.56. The fraction of sp³-hybridized carbons (Fsp3) is 0.250. The van der Waals surface area contributed by atoms with Gasteiger partial charge in [0.1, 0.15) is 0 Å². The van der Waals surface area contributed by atoms with Crippen LogP contribution in [0.3, 0.4) is 0 Å². The third-order valence-corrected chi connectivity index (χ3v) is 3.88.